The Bertz CT molecular complexity index is 444. The van der Waals surface area contributed by atoms with Gasteiger partial charge in [0.1, 0.15) is 0 Å². The minimum absolute atomic E-state index is 0.151. The Hall–Kier alpha value is -1.35. The molecule has 3 heteroatoms. The van der Waals surface area contributed by atoms with Crippen molar-refractivity contribution in [1.29, 1.82) is 0 Å². The SMILES string of the molecule is C[C@@H]1CCCN([C@@H]2OC(=O)c3ccccc32)C1. The van der Waals surface area contributed by atoms with E-state index < -0.39 is 0 Å². The molecule has 3 rings (SSSR count). The normalized spacial score (nSPS) is 28.9. The highest BCUT2D eigenvalue weighted by molar-refractivity contribution is 5.93. The van der Waals surface area contributed by atoms with Gasteiger partial charge in [0, 0.05) is 18.7 Å². The van der Waals surface area contributed by atoms with Crippen molar-refractivity contribution in [2.45, 2.75) is 26.0 Å². The van der Waals surface area contributed by atoms with E-state index >= 15 is 0 Å². The number of esters is 1. The molecule has 90 valence electrons. The maximum atomic E-state index is 11.8. The molecular weight excluding hydrogens is 214 g/mol. The number of carbonyl (C=O) groups excluding carboxylic acids is 1. The van der Waals surface area contributed by atoms with Crippen LogP contribution in [-0.4, -0.2) is 24.0 Å². The summed E-state index contributed by atoms with van der Waals surface area (Å²) in [6, 6.07) is 7.72. The Morgan fingerprint density at radius 3 is 3.00 bits per heavy atom. The number of ether oxygens (including phenoxy) is 1. The molecule has 2 aliphatic heterocycles. The molecule has 1 fully saturated rings. The van der Waals surface area contributed by atoms with E-state index in [1.807, 2.05) is 24.3 Å². The van der Waals surface area contributed by atoms with Gasteiger partial charge in [-0.05, 0) is 24.8 Å². The first-order valence-corrected chi connectivity index (χ1v) is 6.29. The van der Waals surface area contributed by atoms with Gasteiger partial charge in [0.15, 0.2) is 6.23 Å². The van der Waals surface area contributed by atoms with Crippen molar-refractivity contribution >= 4 is 5.97 Å². The molecule has 0 N–H and O–H groups in total. The maximum Gasteiger partial charge on any atom is 0.340 e. The maximum absolute atomic E-state index is 11.8. The third-order valence-corrected chi connectivity index (χ3v) is 3.69. The average Bonchev–Trinajstić information content (AvgIpc) is 2.68. The van der Waals surface area contributed by atoms with E-state index in [0.29, 0.717) is 5.92 Å². The molecular formula is C14H17NO2. The first-order chi connectivity index (χ1) is 8.25. The molecule has 2 heterocycles. The van der Waals surface area contributed by atoms with Crippen LogP contribution in [0, 0.1) is 5.92 Å². The lowest BCUT2D eigenvalue weighted by Gasteiger charge is -2.34. The minimum atomic E-state index is -0.177. The fourth-order valence-corrected chi connectivity index (χ4v) is 2.84. The molecule has 0 aliphatic carbocycles. The second kappa shape index (κ2) is 4.15. The fourth-order valence-electron chi connectivity index (χ4n) is 2.84. The van der Waals surface area contributed by atoms with Crippen molar-refractivity contribution in [3.05, 3.63) is 35.4 Å². The predicted octanol–water partition coefficient (Wildman–Crippen LogP) is 2.59. The molecule has 0 bridgehead atoms. The second-order valence-corrected chi connectivity index (χ2v) is 5.09. The van der Waals surface area contributed by atoms with Crippen LogP contribution in [0.1, 0.15) is 41.9 Å². The van der Waals surface area contributed by atoms with Crippen molar-refractivity contribution in [2.24, 2.45) is 5.92 Å². The summed E-state index contributed by atoms with van der Waals surface area (Å²) in [6.45, 7) is 4.30. The minimum Gasteiger partial charge on any atom is -0.438 e. The molecule has 0 saturated carbocycles. The molecule has 0 aromatic heterocycles. The van der Waals surface area contributed by atoms with Crippen LogP contribution in [-0.2, 0) is 4.74 Å². The number of hydrogen-bond acceptors (Lipinski definition) is 3. The quantitative estimate of drug-likeness (QED) is 0.696. The van der Waals surface area contributed by atoms with Crippen LogP contribution in [0.5, 0.6) is 0 Å². The van der Waals surface area contributed by atoms with Crippen molar-refractivity contribution in [1.82, 2.24) is 4.90 Å². The summed E-state index contributed by atoms with van der Waals surface area (Å²) in [5.74, 6) is 0.513. The van der Waals surface area contributed by atoms with Gasteiger partial charge in [0.2, 0.25) is 0 Å². The standard InChI is InChI=1S/C14H17NO2/c1-10-5-4-8-15(9-10)13-11-6-2-3-7-12(11)14(16)17-13/h2-3,6-7,10,13H,4-5,8-9H2,1H3/t10-,13-/m1/s1. The molecule has 0 unspecified atom stereocenters. The van der Waals surface area contributed by atoms with Crippen LogP contribution in [0.15, 0.2) is 24.3 Å². The van der Waals surface area contributed by atoms with Crippen molar-refractivity contribution in [3.8, 4) is 0 Å². The number of rotatable bonds is 1. The summed E-state index contributed by atoms with van der Waals surface area (Å²) in [5.41, 5.74) is 1.77. The molecule has 0 amide bonds. The number of nitrogens with zero attached hydrogens (tertiary/aromatic N) is 1. The summed E-state index contributed by atoms with van der Waals surface area (Å²) in [7, 11) is 0. The van der Waals surface area contributed by atoms with E-state index in [-0.39, 0.29) is 12.2 Å². The lowest BCUT2D eigenvalue weighted by molar-refractivity contribution is -0.0377. The zero-order valence-corrected chi connectivity index (χ0v) is 10.1. The average molecular weight is 231 g/mol. The van der Waals surface area contributed by atoms with Gasteiger partial charge < -0.3 is 4.74 Å². The van der Waals surface area contributed by atoms with Crippen molar-refractivity contribution < 1.29 is 9.53 Å². The van der Waals surface area contributed by atoms with Crippen LogP contribution in [0.4, 0.5) is 0 Å². The van der Waals surface area contributed by atoms with Crippen LogP contribution < -0.4 is 0 Å². The third-order valence-electron chi connectivity index (χ3n) is 3.69. The molecule has 1 aromatic rings. The summed E-state index contributed by atoms with van der Waals surface area (Å²) < 4.78 is 5.51. The highest BCUT2D eigenvalue weighted by Gasteiger charge is 2.36. The lowest BCUT2D eigenvalue weighted by atomic mass is 9.99. The van der Waals surface area contributed by atoms with Gasteiger partial charge in [-0.2, -0.15) is 0 Å². The molecule has 2 atom stereocenters. The van der Waals surface area contributed by atoms with E-state index in [2.05, 4.69) is 11.8 Å². The largest absolute Gasteiger partial charge is 0.438 e. The first kappa shape index (κ1) is 10.8. The molecule has 0 radical (unpaired) electrons. The van der Waals surface area contributed by atoms with E-state index in [0.717, 1.165) is 24.2 Å². The second-order valence-electron chi connectivity index (χ2n) is 5.09. The molecule has 1 saturated heterocycles. The Morgan fingerprint density at radius 1 is 1.35 bits per heavy atom. The predicted molar refractivity (Wildman–Crippen MR) is 64.6 cm³/mol. The Labute approximate surface area is 101 Å². The van der Waals surface area contributed by atoms with E-state index in [1.165, 1.54) is 12.8 Å². The zero-order valence-electron chi connectivity index (χ0n) is 10.1. The van der Waals surface area contributed by atoms with Gasteiger partial charge in [-0.3, -0.25) is 4.90 Å². The number of carbonyl (C=O) groups is 1. The summed E-state index contributed by atoms with van der Waals surface area (Å²) >= 11 is 0. The summed E-state index contributed by atoms with van der Waals surface area (Å²) in [5, 5.41) is 0. The van der Waals surface area contributed by atoms with Crippen LogP contribution in [0.3, 0.4) is 0 Å². The number of hydrogen-bond donors (Lipinski definition) is 0. The molecule has 3 nitrogen and oxygen atoms in total. The number of likely N-dealkylation sites (tertiary alicyclic amines) is 1. The highest BCUT2D eigenvalue weighted by atomic mass is 16.6. The zero-order chi connectivity index (χ0) is 11.8. The van der Waals surface area contributed by atoms with Crippen LogP contribution in [0.2, 0.25) is 0 Å². The summed E-state index contributed by atoms with van der Waals surface area (Å²) in [6.07, 6.45) is 2.32. The van der Waals surface area contributed by atoms with Crippen LogP contribution in [0.25, 0.3) is 0 Å². The topological polar surface area (TPSA) is 29.5 Å². The van der Waals surface area contributed by atoms with Gasteiger partial charge in [-0.15, -0.1) is 0 Å². The Kier molecular flexibility index (Phi) is 2.63. The molecule has 2 aliphatic rings. The van der Waals surface area contributed by atoms with Gasteiger partial charge in [0.25, 0.3) is 0 Å². The van der Waals surface area contributed by atoms with Crippen LogP contribution >= 0.6 is 0 Å². The monoisotopic (exact) mass is 231 g/mol. The van der Waals surface area contributed by atoms with E-state index in [4.69, 9.17) is 4.74 Å². The van der Waals surface area contributed by atoms with Crippen molar-refractivity contribution in [2.75, 3.05) is 13.1 Å². The third kappa shape index (κ3) is 1.84. The van der Waals surface area contributed by atoms with Gasteiger partial charge >= 0.3 is 5.97 Å². The van der Waals surface area contributed by atoms with Gasteiger partial charge in [-0.25, -0.2) is 4.79 Å². The number of cyclic esters (lactones) is 1. The Balaban J connectivity index is 1.88. The number of piperidine rings is 1. The Morgan fingerprint density at radius 2 is 2.18 bits per heavy atom. The number of benzene rings is 1. The summed E-state index contributed by atoms with van der Waals surface area (Å²) in [4.78, 5) is 14.0. The molecule has 17 heavy (non-hydrogen) atoms. The van der Waals surface area contributed by atoms with Crippen molar-refractivity contribution in [3.63, 3.8) is 0 Å². The lowest BCUT2D eigenvalue weighted by Crippen LogP contribution is -2.37. The van der Waals surface area contributed by atoms with Gasteiger partial charge in [0.05, 0.1) is 5.56 Å². The van der Waals surface area contributed by atoms with E-state index in [9.17, 15) is 4.79 Å². The molecule has 1 aromatic carbocycles. The van der Waals surface area contributed by atoms with E-state index in [1.54, 1.807) is 0 Å². The number of fused-ring (bicyclic) bond motifs is 1. The molecule has 0 spiro atoms. The smallest absolute Gasteiger partial charge is 0.340 e. The van der Waals surface area contributed by atoms with Gasteiger partial charge in [-0.1, -0.05) is 25.1 Å². The first-order valence-electron chi connectivity index (χ1n) is 6.29. The highest BCUT2D eigenvalue weighted by Crippen LogP contribution is 2.35. The fraction of sp³-hybridized carbons (Fsp3) is 0.500.